The molecule has 0 aromatic rings. The fourth-order valence-corrected chi connectivity index (χ4v) is 2.32. The number of carbonyl (C=O) groups excluding carboxylic acids is 1. The first kappa shape index (κ1) is 10.5. The Bertz CT molecular complexity index is 185. The summed E-state index contributed by atoms with van der Waals surface area (Å²) in [7, 11) is 0. The first-order chi connectivity index (χ1) is 6.20. The zero-order valence-electron chi connectivity index (χ0n) is 8.55. The van der Waals surface area contributed by atoms with Gasteiger partial charge in [-0.2, -0.15) is 0 Å². The van der Waals surface area contributed by atoms with Gasteiger partial charge in [-0.1, -0.05) is 26.7 Å². The van der Waals surface area contributed by atoms with Crippen molar-refractivity contribution in [3.05, 3.63) is 0 Å². The fourth-order valence-electron chi connectivity index (χ4n) is 2.32. The van der Waals surface area contributed by atoms with E-state index in [1.54, 1.807) is 0 Å². The van der Waals surface area contributed by atoms with Crippen LogP contribution in [0.4, 0.5) is 0 Å². The van der Waals surface area contributed by atoms with E-state index in [1.165, 1.54) is 4.90 Å². The molecule has 3 heteroatoms. The number of carbonyl (C=O) groups is 1. The van der Waals surface area contributed by atoms with E-state index < -0.39 is 0 Å². The van der Waals surface area contributed by atoms with Crippen LogP contribution in [-0.4, -0.2) is 29.2 Å². The van der Waals surface area contributed by atoms with Crippen LogP contribution in [0.5, 0.6) is 0 Å². The Morgan fingerprint density at radius 2 is 1.92 bits per heavy atom. The van der Waals surface area contributed by atoms with Crippen molar-refractivity contribution in [3.63, 3.8) is 0 Å². The lowest BCUT2D eigenvalue weighted by molar-refractivity contribution is -0.168. The van der Waals surface area contributed by atoms with Crippen molar-refractivity contribution in [1.82, 2.24) is 4.90 Å². The summed E-state index contributed by atoms with van der Waals surface area (Å²) in [5.41, 5.74) is -0.119. The molecule has 13 heavy (non-hydrogen) atoms. The van der Waals surface area contributed by atoms with Crippen molar-refractivity contribution in [2.45, 2.75) is 39.5 Å². The van der Waals surface area contributed by atoms with Crippen molar-refractivity contribution in [3.8, 4) is 0 Å². The molecule has 3 nitrogen and oxygen atoms in total. The molecule has 1 N–H and O–H groups in total. The van der Waals surface area contributed by atoms with Gasteiger partial charge in [0.25, 0.3) is 0 Å². The van der Waals surface area contributed by atoms with E-state index in [-0.39, 0.29) is 18.1 Å². The molecule has 0 aliphatic carbocycles. The summed E-state index contributed by atoms with van der Waals surface area (Å²) < 4.78 is 0. The van der Waals surface area contributed by atoms with Gasteiger partial charge in [-0.15, -0.1) is 0 Å². The first-order valence-electron chi connectivity index (χ1n) is 5.10. The van der Waals surface area contributed by atoms with E-state index in [2.05, 4.69) is 13.8 Å². The fraction of sp³-hybridized carbons (Fsp3) is 0.900. The summed E-state index contributed by atoms with van der Waals surface area (Å²) in [6.07, 6.45) is 4.03. The number of hydrogen-bond donors (Lipinski definition) is 1. The molecule has 0 bridgehead atoms. The van der Waals surface area contributed by atoms with Gasteiger partial charge in [-0.25, -0.2) is 0 Å². The molecule has 0 atom stereocenters. The Kier molecular flexibility index (Phi) is 3.31. The molecular weight excluding hydrogens is 166 g/mol. The van der Waals surface area contributed by atoms with Crippen LogP contribution in [0.2, 0.25) is 0 Å². The maximum atomic E-state index is 11.7. The van der Waals surface area contributed by atoms with Crippen LogP contribution >= 0.6 is 0 Å². The van der Waals surface area contributed by atoms with Crippen LogP contribution in [0.25, 0.3) is 0 Å². The largest absolute Gasteiger partial charge is 0.376 e. The van der Waals surface area contributed by atoms with E-state index in [1.807, 2.05) is 0 Å². The Hall–Kier alpha value is -0.570. The molecular formula is C10H19NO2. The predicted molar refractivity (Wildman–Crippen MR) is 51.0 cm³/mol. The highest BCUT2D eigenvalue weighted by Gasteiger charge is 2.49. The molecule has 0 saturated carbocycles. The molecule has 1 heterocycles. The Balaban J connectivity index is 2.57. The van der Waals surface area contributed by atoms with Crippen molar-refractivity contribution >= 4 is 5.91 Å². The number of aliphatic hydroxyl groups excluding tert-OH is 1. The van der Waals surface area contributed by atoms with Crippen LogP contribution in [0.1, 0.15) is 39.5 Å². The summed E-state index contributed by atoms with van der Waals surface area (Å²) in [6.45, 7) is 4.84. The summed E-state index contributed by atoms with van der Waals surface area (Å²) in [5.74, 6) is 0.152. The molecule has 1 amide bonds. The number of amides is 1. The molecule has 1 saturated heterocycles. The summed E-state index contributed by atoms with van der Waals surface area (Å²) >= 11 is 0. The number of β-lactam (4-membered cyclic amide) rings is 1. The predicted octanol–water partition coefficient (Wildman–Crippen LogP) is 1.36. The van der Waals surface area contributed by atoms with Crippen LogP contribution in [0.3, 0.4) is 0 Å². The molecule has 1 fully saturated rings. The average molecular weight is 185 g/mol. The topological polar surface area (TPSA) is 40.5 Å². The minimum Gasteiger partial charge on any atom is -0.376 e. The van der Waals surface area contributed by atoms with Crippen molar-refractivity contribution in [2.75, 3.05) is 13.3 Å². The zero-order valence-corrected chi connectivity index (χ0v) is 8.55. The first-order valence-corrected chi connectivity index (χ1v) is 5.10. The van der Waals surface area contributed by atoms with Crippen LogP contribution in [0, 0.1) is 5.41 Å². The molecule has 1 aliphatic heterocycles. The van der Waals surface area contributed by atoms with E-state index in [0.717, 1.165) is 32.2 Å². The summed E-state index contributed by atoms with van der Waals surface area (Å²) in [4.78, 5) is 13.2. The lowest BCUT2D eigenvalue weighted by Crippen LogP contribution is -2.61. The van der Waals surface area contributed by atoms with Gasteiger partial charge in [0, 0.05) is 6.54 Å². The number of likely N-dealkylation sites (tertiary alicyclic amines) is 1. The third-order valence-electron chi connectivity index (χ3n) is 2.86. The average Bonchev–Trinajstić information content (AvgIpc) is 2.14. The normalized spacial score (nSPS) is 20.2. The molecule has 0 spiro atoms. The highest BCUT2D eigenvalue weighted by molar-refractivity contribution is 5.88. The van der Waals surface area contributed by atoms with Gasteiger partial charge in [0.2, 0.25) is 5.91 Å². The van der Waals surface area contributed by atoms with E-state index in [0.29, 0.717) is 0 Å². The van der Waals surface area contributed by atoms with E-state index >= 15 is 0 Å². The van der Waals surface area contributed by atoms with Gasteiger partial charge in [0.05, 0.1) is 5.41 Å². The molecule has 0 radical (unpaired) electrons. The number of nitrogens with zero attached hydrogens (tertiary/aromatic N) is 1. The zero-order chi connectivity index (χ0) is 9.90. The van der Waals surface area contributed by atoms with Crippen LogP contribution in [-0.2, 0) is 4.79 Å². The molecule has 76 valence electrons. The lowest BCUT2D eigenvalue weighted by atomic mass is 9.72. The Morgan fingerprint density at radius 3 is 2.23 bits per heavy atom. The molecule has 0 aromatic carbocycles. The number of rotatable bonds is 5. The lowest BCUT2D eigenvalue weighted by Gasteiger charge is -2.48. The monoisotopic (exact) mass is 185 g/mol. The minimum atomic E-state index is -0.119. The standard InChI is InChI=1S/C10H19NO2/c1-3-5-10(6-4-2)7-11(8-12)9(10)13/h12H,3-8H2,1-2H3. The maximum absolute atomic E-state index is 11.7. The molecule has 1 aliphatic rings. The number of aliphatic hydroxyl groups is 1. The second kappa shape index (κ2) is 4.09. The smallest absolute Gasteiger partial charge is 0.232 e. The maximum Gasteiger partial charge on any atom is 0.232 e. The van der Waals surface area contributed by atoms with Crippen LogP contribution < -0.4 is 0 Å². The highest BCUT2D eigenvalue weighted by Crippen LogP contribution is 2.40. The Labute approximate surface area is 79.7 Å². The van der Waals surface area contributed by atoms with Gasteiger partial charge in [0.15, 0.2) is 0 Å². The van der Waals surface area contributed by atoms with Gasteiger partial charge in [0.1, 0.15) is 6.73 Å². The second-order valence-corrected chi connectivity index (χ2v) is 3.92. The van der Waals surface area contributed by atoms with Gasteiger partial charge in [-0.05, 0) is 12.8 Å². The minimum absolute atomic E-state index is 0.117. The summed E-state index contributed by atoms with van der Waals surface area (Å²) in [5, 5.41) is 8.83. The third-order valence-corrected chi connectivity index (χ3v) is 2.86. The van der Waals surface area contributed by atoms with E-state index in [4.69, 9.17) is 5.11 Å². The molecule has 0 unspecified atom stereocenters. The Morgan fingerprint density at radius 1 is 1.38 bits per heavy atom. The highest BCUT2D eigenvalue weighted by atomic mass is 16.3. The second-order valence-electron chi connectivity index (χ2n) is 3.92. The van der Waals surface area contributed by atoms with Gasteiger partial charge in [-0.3, -0.25) is 4.79 Å². The quantitative estimate of drug-likeness (QED) is 0.657. The van der Waals surface area contributed by atoms with E-state index in [9.17, 15) is 4.79 Å². The number of hydrogen-bond acceptors (Lipinski definition) is 2. The molecule has 1 rings (SSSR count). The van der Waals surface area contributed by atoms with Crippen LogP contribution in [0.15, 0.2) is 0 Å². The van der Waals surface area contributed by atoms with Gasteiger partial charge >= 0.3 is 0 Å². The summed E-state index contributed by atoms with van der Waals surface area (Å²) in [6, 6.07) is 0. The third kappa shape index (κ3) is 1.70. The van der Waals surface area contributed by atoms with Crippen molar-refractivity contribution in [1.29, 1.82) is 0 Å². The van der Waals surface area contributed by atoms with Crippen molar-refractivity contribution in [2.24, 2.45) is 5.41 Å². The SMILES string of the molecule is CCCC1(CCC)CN(CO)C1=O. The van der Waals surface area contributed by atoms with Gasteiger partial charge < -0.3 is 10.0 Å². The van der Waals surface area contributed by atoms with Crippen molar-refractivity contribution < 1.29 is 9.90 Å². The molecule has 0 aromatic heterocycles.